The first kappa shape index (κ1) is 25.2. The molecule has 2 aromatic rings. The number of imide groups is 1. The summed E-state index contributed by atoms with van der Waals surface area (Å²) in [7, 11) is 0. The van der Waals surface area contributed by atoms with Gasteiger partial charge in [-0.15, -0.1) is 11.8 Å². The second kappa shape index (κ2) is 12.1. The number of carbonyl (C=O) groups excluding carboxylic acids is 3. The molecule has 1 fully saturated rings. The van der Waals surface area contributed by atoms with E-state index in [1.807, 2.05) is 12.1 Å². The van der Waals surface area contributed by atoms with Gasteiger partial charge in [0.15, 0.2) is 0 Å². The number of halogens is 1. The molecule has 2 heterocycles. The van der Waals surface area contributed by atoms with Gasteiger partial charge in [0.05, 0.1) is 26.4 Å². The minimum Gasteiger partial charge on any atom is -0.376 e. The molecule has 2 aliphatic heterocycles. The lowest BCUT2D eigenvalue weighted by atomic mass is 10.0. The van der Waals surface area contributed by atoms with Crippen molar-refractivity contribution < 1.29 is 23.9 Å². The van der Waals surface area contributed by atoms with Gasteiger partial charge in [0.2, 0.25) is 11.8 Å². The molecule has 0 spiro atoms. The Hall–Kier alpha value is -1.95. The second-order valence-corrected chi connectivity index (χ2v) is 10.4. The maximum absolute atomic E-state index is 12.9. The molecule has 0 radical (unpaired) electrons. The first-order valence-corrected chi connectivity index (χ1v) is 13.8. The van der Waals surface area contributed by atoms with E-state index in [0.717, 1.165) is 38.4 Å². The third-order valence-electron chi connectivity index (χ3n) is 5.81. The molecule has 180 valence electrons. The Morgan fingerprint density at radius 1 is 1.00 bits per heavy atom. The Labute approximate surface area is 217 Å². The lowest BCUT2D eigenvalue weighted by Crippen LogP contribution is -2.52. The van der Waals surface area contributed by atoms with E-state index >= 15 is 0 Å². The maximum atomic E-state index is 12.9. The van der Waals surface area contributed by atoms with Gasteiger partial charge in [0, 0.05) is 33.6 Å². The number of hydrogen-bond donors (Lipinski definition) is 1. The van der Waals surface area contributed by atoms with Crippen LogP contribution in [0.15, 0.2) is 47.4 Å². The Balaban J connectivity index is 1.25. The predicted molar refractivity (Wildman–Crippen MR) is 138 cm³/mol. The third kappa shape index (κ3) is 6.18. The topological polar surface area (TPSA) is 84.9 Å². The van der Waals surface area contributed by atoms with Gasteiger partial charge >= 0.3 is 0 Å². The summed E-state index contributed by atoms with van der Waals surface area (Å²) in [6.07, 6.45) is 0.623. The summed E-state index contributed by atoms with van der Waals surface area (Å²) in [5.74, 6) is -0.0588. The van der Waals surface area contributed by atoms with Crippen molar-refractivity contribution in [2.75, 3.05) is 23.4 Å². The zero-order valence-electron chi connectivity index (χ0n) is 18.8. The van der Waals surface area contributed by atoms with Crippen LogP contribution >= 0.6 is 34.4 Å². The summed E-state index contributed by atoms with van der Waals surface area (Å²) in [5.41, 5.74) is 3.86. The van der Waals surface area contributed by atoms with Crippen LogP contribution in [0.1, 0.15) is 39.9 Å². The number of amides is 3. The fourth-order valence-electron chi connectivity index (χ4n) is 4.07. The highest BCUT2D eigenvalue weighted by atomic mass is 127. The van der Waals surface area contributed by atoms with E-state index in [0.29, 0.717) is 38.3 Å². The molecule has 0 aromatic heterocycles. The zero-order chi connectivity index (χ0) is 23.9. The molecular formula is C25H27IN2O5S. The number of carbonyl (C=O) groups is 3. The number of benzene rings is 2. The molecular weight excluding hydrogens is 567 g/mol. The van der Waals surface area contributed by atoms with E-state index in [4.69, 9.17) is 9.47 Å². The van der Waals surface area contributed by atoms with Crippen molar-refractivity contribution in [3.63, 3.8) is 0 Å². The summed E-state index contributed by atoms with van der Waals surface area (Å²) in [6, 6.07) is 13.4. The summed E-state index contributed by atoms with van der Waals surface area (Å²) < 4.78 is 12.4. The van der Waals surface area contributed by atoms with E-state index in [9.17, 15) is 14.4 Å². The Morgan fingerprint density at radius 3 is 2.38 bits per heavy atom. The van der Waals surface area contributed by atoms with Gasteiger partial charge in [0.1, 0.15) is 6.04 Å². The van der Waals surface area contributed by atoms with E-state index in [-0.39, 0.29) is 24.1 Å². The molecule has 0 bridgehead atoms. The standard InChI is InChI=1S/C25H27IN2O5S/c26-10-11-32-15-17-4-6-18(7-5-17)16-33-12-13-34-22-3-1-2-19-20(22)14-28(25(19)31)21-8-9-23(29)27-24(21)30/h1-7,21H,8-16H2,(H,27,29,30). The van der Waals surface area contributed by atoms with Crippen LogP contribution < -0.4 is 5.32 Å². The molecule has 0 saturated carbocycles. The van der Waals surface area contributed by atoms with Crippen molar-refractivity contribution in [1.29, 1.82) is 0 Å². The molecule has 1 saturated heterocycles. The maximum Gasteiger partial charge on any atom is 0.255 e. The van der Waals surface area contributed by atoms with E-state index < -0.39 is 6.04 Å². The van der Waals surface area contributed by atoms with Crippen LogP contribution in [0.5, 0.6) is 0 Å². The highest BCUT2D eigenvalue weighted by Gasteiger charge is 2.39. The normalized spacial score (nSPS) is 17.7. The van der Waals surface area contributed by atoms with E-state index in [1.54, 1.807) is 22.7 Å². The van der Waals surface area contributed by atoms with Crippen LogP contribution in [0.4, 0.5) is 0 Å². The minimum atomic E-state index is -0.594. The lowest BCUT2D eigenvalue weighted by Gasteiger charge is -2.29. The number of piperidine rings is 1. The van der Waals surface area contributed by atoms with Gasteiger partial charge in [-0.05, 0) is 35.2 Å². The van der Waals surface area contributed by atoms with Crippen LogP contribution in [0, 0.1) is 0 Å². The molecule has 3 amide bonds. The average molecular weight is 594 g/mol. The number of rotatable bonds is 11. The second-order valence-electron chi connectivity index (χ2n) is 8.14. The Bertz CT molecular complexity index is 1050. The average Bonchev–Trinajstić information content (AvgIpc) is 3.17. The largest absolute Gasteiger partial charge is 0.376 e. The first-order chi connectivity index (χ1) is 16.6. The molecule has 34 heavy (non-hydrogen) atoms. The molecule has 2 aliphatic rings. The van der Waals surface area contributed by atoms with Crippen molar-refractivity contribution in [3.8, 4) is 0 Å². The number of fused-ring (bicyclic) bond motifs is 1. The zero-order valence-corrected chi connectivity index (χ0v) is 21.7. The molecule has 7 nitrogen and oxygen atoms in total. The van der Waals surface area contributed by atoms with Crippen molar-refractivity contribution in [1.82, 2.24) is 10.2 Å². The number of thioether (sulfide) groups is 1. The number of hydrogen-bond acceptors (Lipinski definition) is 6. The number of nitrogens with one attached hydrogen (secondary N) is 1. The first-order valence-electron chi connectivity index (χ1n) is 11.3. The van der Waals surface area contributed by atoms with Crippen LogP contribution in [0.25, 0.3) is 0 Å². The van der Waals surface area contributed by atoms with Gasteiger partial charge in [-0.1, -0.05) is 52.9 Å². The van der Waals surface area contributed by atoms with Gasteiger partial charge in [0.25, 0.3) is 5.91 Å². The molecule has 1 atom stereocenters. The minimum absolute atomic E-state index is 0.147. The molecule has 0 aliphatic carbocycles. The van der Waals surface area contributed by atoms with Crippen molar-refractivity contribution in [3.05, 3.63) is 64.7 Å². The number of alkyl halides is 1. The highest BCUT2D eigenvalue weighted by molar-refractivity contribution is 14.1. The number of ether oxygens (including phenoxy) is 2. The summed E-state index contributed by atoms with van der Waals surface area (Å²) in [5, 5.41) is 2.34. The van der Waals surface area contributed by atoms with Crippen molar-refractivity contribution in [2.24, 2.45) is 0 Å². The highest BCUT2D eigenvalue weighted by Crippen LogP contribution is 2.34. The molecule has 4 rings (SSSR count). The Morgan fingerprint density at radius 2 is 1.71 bits per heavy atom. The lowest BCUT2D eigenvalue weighted by molar-refractivity contribution is -0.136. The van der Waals surface area contributed by atoms with Gasteiger partial charge in [-0.25, -0.2) is 0 Å². The molecule has 1 N–H and O–H groups in total. The summed E-state index contributed by atoms with van der Waals surface area (Å²) in [6.45, 7) is 2.91. The fourth-order valence-corrected chi connectivity index (χ4v) is 5.33. The Kier molecular flexibility index (Phi) is 8.98. The molecule has 2 aromatic carbocycles. The van der Waals surface area contributed by atoms with E-state index in [2.05, 4.69) is 52.2 Å². The van der Waals surface area contributed by atoms with Crippen LogP contribution in [-0.2, 0) is 38.8 Å². The predicted octanol–water partition coefficient (Wildman–Crippen LogP) is 3.71. The molecule has 9 heteroatoms. The van der Waals surface area contributed by atoms with Crippen molar-refractivity contribution >= 4 is 52.1 Å². The van der Waals surface area contributed by atoms with E-state index in [1.165, 1.54) is 0 Å². The fraction of sp³-hybridized carbons (Fsp3) is 0.400. The summed E-state index contributed by atoms with van der Waals surface area (Å²) in [4.78, 5) is 39.3. The van der Waals surface area contributed by atoms with Crippen LogP contribution in [0.2, 0.25) is 0 Å². The number of nitrogens with zero attached hydrogens (tertiary/aromatic N) is 1. The van der Waals surface area contributed by atoms with Gasteiger partial charge < -0.3 is 14.4 Å². The quantitative estimate of drug-likeness (QED) is 0.141. The van der Waals surface area contributed by atoms with Crippen LogP contribution in [0.3, 0.4) is 0 Å². The van der Waals surface area contributed by atoms with Crippen molar-refractivity contribution in [2.45, 2.75) is 43.5 Å². The monoisotopic (exact) mass is 594 g/mol. The SMILES string of the molecule is O=C1CCC(N2Cc3c(SCCOCc4ccc(COCCI)cc4)cccc3C2=O)C(=O)N1. The van der Waals surface area contributed by atoms with Gasteiger partial charge in [-0.2, -0.15) is 0 Å². The van der Waals surface area contributed by atoms with Crippen LogP contribution in [-0.4, -0.2) is 52.1 Å². The summed E-state index contributed by atoms with van der Waals surface area (Å²) >= 11 is 3.95. The molecule has 1 unspecified atom stereocenters. The van der Waals surface area contributed by atoms with Gasteiger partial charge in [-0.3, -0.25) is 19.7 Å². The third-order valence-corrected chi connectivity index (χ3v) is 7.31. The smallest absolute Gasteiger partial charge is 0.255 e.